The third-order valence-electron chi connectivity index (χ3n) is 2.48. The van der Waals surface area contributed by atoms with Gasteiger partial charge in [-0.15, -0.1) is 0 Å². The van der Waals surface area contributed by atoms with E-state index in [1.807, 2.05) is 24.3 Å². The number of halogens is 1. The second kappa shape index (κ2) is 4.90. The van der Waals surface area contributed by atoms with Gasteiger partial charge in [-0.1, -0.05) is 23.7 Å². The van der Waals surface area contributed by atoms with Crippen molar-refractivity contribution in [2.24, 2.45) is 0 Å². The molecule has 0 unspecified atom stereocenters. The molecule has 0 aliphatic heterocycles. The van der Waals surface area contributed by atoms with Crippen LogP contribution < -0.4 is 4.74 Å². The highest BCUT2D eigenvalue weighted by Crippen LogP contribution is 2.29. The van der Waals surface area contributed by atoms with Crippen molar-refractivity contribution in [2.45, 2.75) is 0 Å². The largest absolute Gasteiger partial charge is 0.497 e. The third kappa shape index (κ3) is 2.41. The van der Waals surface area contributed by atoms with Gasteiger partial charge in [0.1, 0.15) is 5.75 Å². The molecule has 17 heavy (non-hydrogen) atoms. The lowest BCUT2D eigenvalue weighted by Gasteiger charge is -2.07. The Balaban J connectivity index is 2.61. The Bertz CT molecular complexity index is 587. The van der Waals surface area contributed by atoms with Gasteiger partial charge in [0.15, 0.2) is 0 Å². The van der Waals surface area contributed by atoms with Crippen molar-refractivity contribution in [1.82, 2.24) is 0 Å². The summed E-state index contributed by atoms with van der Waals surface area (Å²) in [5.74, 6) is 0.721. The quantitative estimate of drug-likeness (QED) is 0.802. The number of hydrogen-bond donors (Lipinski definition) is 0. The highest BCUT2D eigenvalue weighted by Gasteiger charge is 2.06. The van der Waals surface area contributed by atoms with Crippen LogP contribution in [-0.2, 0) is 0 Å². The molecule has 0 saturated carbocycles. The van der Waals surface area contributed by atoms with Crippen LogP contribution in [0.4, 0.5) is 0 Å². The van der Waals surface area contributed by atoms with Crippen LogP contribution in [0.25, 0.3) is 11.1 Å². The Morgan fingerprint density at radius 1 is 1.18 bits per heavy atom. The summed E-state index contributed by atoms with van der Waals surface area (Å²) in [6.45, 7) is 0. The zero-order valence-corrected chi connectivity index (χ0v) is 10.0. The minimum Gasteiger partial charge on any atom is -0.497 e. The van der Waals surface area contributed by atoms with E-state index in [9.17, 15) is 0 Å². The fraction of sp³-hybridized carbons (Fsp3) is 0.0714. The number of benzene rings is 2. The van der Waals surface area contributed by atoms with E-state index in [4.69, 9.17) is 21.6 Å². The molecule has 0 fully saturated rings. The average Bonchev–Trinajstić information content (AvgIpc) is 2.38. The van der Waals surface area contributed by atoms with Gasteiger partial charge in [-0.2, -0.15) is 5.26 Å². The molecule has 0 N–H and O–H groups in total. The second-order valence-corrected chi connectivity index (χ2v) is 3.97. The number of rotatable bonds is 2. The monoisotopic (exact) mass is 243 g/mol. The lowest BCUT2D eigenvalue weighted by Crippen LogP contribution is -1.88. The molecule has 2 rings (SSSR count). The van der Waals surface area contributed by atoms with Crippen LogP contribution in [0.3, 0.4) is 0 Å². The zero-order valence-electron chi connectivity index (χ0n) is 9.27. The molecular formula is C14H10ClNO. The molecule has 2 aromatic carbocycles. The fourth-order valence-electron chi connectivity index (χ4n) is 1.64. The first kappa shape index (κ1) is 11.5. The molecule has 2 aromatic rings. The predicted molar refractivity (Wildman–Crippen MR) is 68.2 cm³/mol. The zero-order chi connectivity index (χ0) is 12.3. The summed E-state index contributed by atoms with van der Waals surface area (Å²) in [5.41, 5.74) is 2.34. The maximum atomic E-state index is 9.09. The van der Waals surface area contributed by atoms with Crippen LogP contribution in [0.5, 0.6) is 5.75 Å². The fourth-order valence-corrected chi connectivity index (χ4v) is 1.83. The lowest BCUT2D eigenvalue weighted by atomic mass is 10.0. The van der Waals surface area contributed by atoms with Gasteiger partial charge in [-0.3, -0.25) is 0 Å². The first-order chi connectivity index (χ1) is 8.24. The normalized spacial score (nSPS) is 9.71. The van der Waals surface area contributed by atoms with Gasteiger partial charge in [0.05, 0.1) is 18.7 Å². The Hall–Kier alpha value is -1.98. The van der Waals surface area contributed by atoms with Crippen LogP contribution in [0.1, 0.15) is 5.56 Å². The summed E-state index contributed by atoms with van der Waals surface area (Å²) in [6, 6.07) is 14.9. The molecule has 0 spiro atoms. The smallest absolute Gasteiger partial charge is 0.119 e. The number of methoxy groups -OCH3 is 1. The number of hydrogen-bond acceptors (Lipinski definition) is 2. The van der Waals surface area contributed by atoms with Crippen molar-refractivity contribution in [3.8, 4) is 22.9 Å². The molecule has 84 valence electrons. The molecule has 0 aromatic heterocycles. The topological polar surface area (TPSA) is 33.0 Å². The van der Waals surface area contributed by atoms with Crippen molar-refractivity contribution in [1.29, 1.82) is 5.26 Å². The summed E-state index contributed by atoms with van der Waals surface area (Å²) in [5, 5.41) is 9.74. The van der Waals surface area contributed by atoms with E-state index in [1.54, 1.807) is 25.3 Å². The van der Waals surface area contributed by atoms with Gasteiger partial charge in [0.25, 0.3) is 0 Å². The molecule has 0 atom stereocenters. The van der Waals surface area contributed by atoms with Crippen molar-refractivity contribution in [3.63, 3.8) is 0 Å². The highest BCUT2D eigenvalue weighted by atomic mass is 35.5. The van der Waals surface area contributed by atoms with Crippen molar-refractivity contribution in [3.05, 3.63) is 53.1 Å². The van der Waals surface area contributed by atoms with Crippen LogP contribution in [-0.4, -0.2) is 7.11 Å². The molecular weight excluding hydrogens is 234 g/mol. The number of nitrogens with zero attached hydrogens (tertiary/aromatic N) is 1. The lowest BCUT2D eigenvalue weighted by molar-refractivity contribution is 0.415. The molecule has 0 saturated heterocycles. The molecule has 0 heterocycles. The summed E-state index contributed by atoms with van der Waals surface area (Å²) < 4.78 is 5.16. The molecule has 0 aliphatic carbocycles. The molecule has 0 aliphatic rings. The number of ether oxygens (including phenoxy) is 1. The molecule has 3 heteroatoms. The predicted octanol–water partition coefficient (Wildman–Crippen LogP) is 3.89. The Morgan fingerprint density at radius 3 is 2.65 bits per heavy atom. The minimum atomic E-state index is 0.605. The van der Waals surface area contributed by atoms with E-state index >= 15 is 0 Å². The first-order valence-electron chi connectivity index (χ1n) is 5.08. The van der Waals surface area contributed by atoms with Gasteiger partial charge in [-0.25, -0.2) is 0 Å². The summed E-state index contributed by atoms with van der Waals surface area (Å²) in [4.78, 5) is 0. The minimum absolute atomic E-state index is 0.605. The SMILES string of the molecule is COc1ccc(C#N)c(-c2cccc(Cl)c2)c1. The second-order valence-electron chi connectivity index (χ2n) is 3.53. The maximum Gasteiger partial charge on any atom is 0.119 e. The molecule has 0 amide bonds. The Morgan fingerprint density at radius 2 is 2.00 bits per heavy atom. The number of nitriles is 1. The van der Waals surface area contributed by atoms with Gasteiger partial charge in [0, 0.05) is 10.6 Å². The van der Waals surface area contributed by atoms with Crippen molar-refractivity contribution < 1.29 is 4.74 Å². The van der Waals surface area contributed by atoms with Crippen LogP contribution in [0, 0.1) is 11.3 Å². The summed E-state index contributed by atoms with van der Waals surface area (Å²) in [7, 11) is 1.60. The van der Waals surface area contributed by atoms with Gasteiger partial charge >= 0.3 is 0 Å². The van der Waals surface area contributed by atoms with E-state index in [1.165, 1.54) is 0 Å². The standard InChI is InChI=1S/C14H10ClNO/c1-17-13-6-5-11(9-16)14(8-13)10-3-2-4-12(15)7-10/h2-8H,1H3. The van der Waals surface area contributed by atoms with E-state index in [0.717, 1.165) is 16.9 Å². The molecule has 2 nitrogen and oxygen atoms in total. The van der Waals surface area contributed by atoms with Crippen LogP contribution in [0.15, 0.2) is 42.5 Å². The summed E-state index contributed by atoms with van der Waals surface area (Å²) >= 11 is 5.95. The first-order valence-corrected chi connectivity index (χ1v) is 5.46. The van der Waals surface area contributed by atoms with E-state index in [0.29, 0.717) is 10.6 Å². The van der Waals surface area contributed by atoms with E-state index in [-0.39, 0.29) is 0 Å². The maximum absolute atomic E-state index is 9.09. The Kier molecular flexibility index (Phi) is 3.32. The van der Waals surface area contributed by atoms with Gasteiger partial charge < -0.3 is 4.74 Å². The van der Waals surface area contributed by atoms with Crippen molar-refractivity contribution in [2.75, 3.05) is 7.11 Å². The van der Waals surface area contributed by atoms with Crippen LogP contribution in [0.2, 0.25) is 5.02 Å². The summed E-state index contributed by atoms with van der Waals surface area (Å²) in [6.07, 6.45) is 0. The van der Waals surface area contributed by atoms with Gasteiger partial charge in [0.2, 0.25) is 0 Å². The van der Waals surface area contributed by atoms with E-state index in [2.05, 4.69) is 6.07 Å². The van der Waals surface area contributed by atoms with E-state index < -0.39 is 0 Å². The van der Waals surface area contributed by atoms with Crippen molar-refractivity contribution >= 4 is 11.6 Å². The Labute approximate surface area is 105 Å². The average molecular weight is 244 g/mol. The third-order valence-corrected chi connectivity index (χ3v) is 2.72. The van der Waals surface area contributed by atoms with Gasteiger partial charge in [-0.05, 0) is 35.9 Å². The van der Waals surface area contributed by atoms with Crippen LogP contribution >= 0.6 is 11.6 Å². The molecule has 0 radical (unpaired) electrons. The molecule has 0 bridgehead atoms. The highest BCUT2D eigenvalue weighted by molar-refractivity contribution is 6.30.